The molecule has 1 amide bonds. The van der Waals surface area contributed by atoms with Gasteiger partial charge in [0.1, 0.15) is 12.4 Å². The van der Waals surface area contributed by atoms with Crippen molar-refractivity contribution in [2.75, 3.05) is 58.6 Å². The summed E-state index contributed by atoms with van der Waals surface area (Å²) in [5.74, 6) is -1.48. The van der Waals surface area contributed by atoms with Crippen LogP contribution in [0.5, 0.6) is 0 Å². The van der Waals surface area contributed by atoms with Crippen molar-refractivity contribution in [3.63, 3.8) is 0 Å². The van der Waals surface area contributed by atoms with Gasteiger partial charge in [0.15, 0.2) is 0 Å². The smallest absolute Gasteiger partial charge is 0.355 e. The molecule has 9 heteroatoms. The quantitative estimate of drug-likeness (QED) is 0.646. The zero-order chi connectivity index (χ0) is 22.2. The molecule has 2 aliphatic heterocycles. The number of hydrogen-bond donors (Lipinski definition) is 1. The van der Waals surface area contributed by atoms with Gasteiger partial charge < -0.3 is 29.3 Å². The van der Waals surface area contributed by atoms with Gasteiger partial charge in [-0.05, 0) is 50.2 Å². The van der Waals surface area contributed by atoms with Crippen LogP contribution in [0.1, 0.15) is 29.6 Å². The molecule has 1 N–H and O–H groups in total. The first-order valence-corrected chi connectivity index (χ1v) is 10.4. The molecule has 0 aromatic heterocycles. The zero-order valence-electron chi connectivity index (χ0n) is 18.0. The number of likely N-dealkylation sites (tertiary alicyclic amines) is 1. The summed E-state index contributed by atoms with van der Waals surface area (Å²) in [7, 11) is 2.48. The molecule has 2 aliphatic rings. The molecule has 3 rings (SSSR count). The lowest BCUT2D eigenvalue weighted by atomic mass is 10.1. The minimum absolute atomic E-state index is 0.0505. The summed E-state index contributed by atoms with van der Waals surface area (Å²) in [5, 5.41) is 2.95. The second-order valence-electron chi connectivity index (χ2n) is 7.42. The molecule has 1 saturated heterocycles. The Morgan fingerprint density at radius 2 is 1.68 bits per heavy atom. The second-order valence-corrected chi connectivity index (χ2v) is 7.42. The number of rotatable bonds is 7. The van der Waals surface area contributed by atoms with Gasteiger partial charge in [0.05, 0.1) is 26.4 Å². The Bertz CT molecular complexity index is 830. The molecule has 2 heterocycles. The van der Waals surface area contributed by atoms with Crippen LogP contribution in [0.15, 0.2) is 35.5 Å². The number of carbonyl (C=O) groups is 3. The van der Waals surface area contributed by atoms with Gasteiger partial charge >= 0.3 is 11.9 Å². The average Bonchev–Trinajstić information content (AvgIpc) is 2.83. The van der Waals surface area contributed by atoms with Crippen LogP contribution in [0.2, 0.25) is 0 Å². The SMILES string of the molecule is COC(=O)C1=C(C(=O)OC)N(c2ccc(C(=O)NCCN3CCCCC3)cc2)COC1. The first-order chi connectivity index (χ1) is 15.0. The van der Waals surface area contributed by atoms with Gasteiger partial charge in [-0.1, -0.05) is 6.42 Å². The van der Waals surface area contributed by atoms with Crippen LogP contribution < -0.4 is 10.2 Å². The third kappa shape index (κ3) is 5.62. The van der Waals surface area contributed by atoms with Crippen LogP contribution in [0.4, 0.5) is 5.69 Å². The number of nitrogens with zero attached hydrogens (tertiary/aromatic N) is 2. The second kappa shape index (κ2) is 10.9. The highest BCUT2D eigenvalue weighted by molar-refractivity contribution is 6.03. The summed E-state index contributed by atoms with van der Waals surface area (Å²) in [5.41, 5.74) is 1.25. The maximum atomic E-state index is 12.5. The summed E-state index contributed by atoms with van der Waals surface area (Å²) in [4.78, 5) is 40.8. The van der Waals surface area contributed by atoms with Gasteiger partial charge in [0.2, 0.25) is 0 Å². The lowest BCUT2D eigenvalue weighted by Gasteiger charge is -2.31. The van der Waals surface area contributed by atoms with Crippen molar-refractivity contribution in [1.82, 2.24) is 10.2 Å². The van der Waals surface area contributed by atoms with Crippen molar-refractivity contribution in [3.8, 4) is 0 Å². The number of carbonyl (C=O) groups excluding carboxylic acids is 3. The van der Waals surface area contributed by atoms with E-state index in [1.165, 1.54) is 38.4 Å². The first kappa shape index (κ1) is 22.8. The van der Waals surface area contributed by atoms with Crippen LogP contribution in [0, 0.1) is 0 Å². The third-order valence-electron chi connectivity index (χ3n) is 5.44. The van der Waals surface area contributed by atoms with Gasteiger partial charge in [0, 0.05) is 24.3 Å². The van der Waals surface area contributed by atoms with Gasteiger partial charge in [0.25, 0.3) is 5.91 Å². The monoisotopic (exact) mass is 431 g/mol. The molecule has 0 saturated carbocycles. The van der Waals surface area contributed by atoms with E-state index in [4.69, 9.17) is 14.2 Å². The minimum Gasteiger partial charge on any atom is -0.466 e. The van der Waals surface area contributed by atoms with E-state index in [1.807, 2.05) is 0 Å². The molecule has 0 unspecified atom stereocenters. The molecule has 1 fully saturated rings. The highest BCUT2D eigenvalue weighted by Gasteiger charge is 2.32. The molecule has 0 atom stereocenters. The number of nitrogens with one attached hydrogen (secondary N) is 1. The van der Waals surface area contributed by atoms with E-state index >= 15 is 0 Å². The molecular weight excluding hydrogens is 402 g/mol. The first-order valence-electron chi connectivity index (χ1n) is 10.4. The predicted octanol–water partition coefficient (Wildman–Crippen LogP) is 1.30. The standard InChI is InChI=1S/C22H29N3O6/c1-29-21(27)18-14-31-15-25(19(18)22(28)30-2)17-8-6-16(7-9-17)20(26)23-10-13-24-11-4-3-5-12-24/h6-9H,3-5,10-15H2,1-2H3,(H,23,26). The number of amides is 1. The van der Waals surface area contributed by atoms with Gasteiger partial charge in [-0.25, -0.2) is 9.59 Å². The Morgan fingerprint density at radius 3 is 2.32 bits per heavy atom. The summed E-state index contributed by atoms with van der Waals surface area (Å²) in [6, 6.07) is 6.75. The van der Waals surface area contributed by atoms with Crippen LogP contribution in [-0.2, 0) is 23.8 Å². The van der Waals surface area contributed by atoms with Crippen LogP contribution >= 0.6 is 0 Å². The fourth-order valence-electron chi connectivity index (χ4n) is 3.75. The molecule has 31 heavy (non-hydrogen) atoms. The predicted molar refractivity (Wildman–Crippen MR) is 113 cm³/mol. The van der Waals surface area contributed by atoms with Crippen LogP contribution in [-0.4, -0.2) is 76.5 Å². The summed E-state index contributed by atoms with van der Waals surface area (Å²) < 4.78 is 15.1. The van der Waals surface area contributed by atoms with E-state index in [2.05, 4.69) is 10.2 Å². The molecule has 0 aliphatic carbocycles. The van der Waals surface area contributed by atoms with E-state index in [0.717, 1.165) is 19.6 Å². The number of hydrogen-bond acceptors (Lipinski definition) is 8. The van der Waals surface area contributed by atoms with Gasteiger partial charge in [-0.15, -0.1) is 0 Å². The number of benzene rings is 1. The molecule has 1 aromatic rings. The number of ether oxygens (including phenoxy) is 3. The maximum Gasteiger partial charge on any atom is 0.355 e. The highest BCUT2D eigenvalue weighted by Crippen LogP contribution is 2.27. The highest BCUT2D eigenvalue weighted by atomic mass is 16.5. The van der Waals surface area contributed by atoms with Crippen molar-refractivity contribution >= 4 is 23.5 Å². The minimum atomic E-state index is -0.664. The Morgan fingerprint density at radius 1 is 1.00 bits per heavy atom. The van der Waals surface area contributed by atoms with Crippen molar-refractivity contribution in [2.45, 2.75) is 19.3 Å². The van der Waals surface area contributed by atoms with Crippen molar-refractivity contribution in [2.24, 2.45) is 0 Å². The zero-order valence-corrected chi connectivity index (χ0v) is 18.0. The van der Waals surface area contributed by atoms with Crippen molar-refractivity contribution in [3.05, 3.63) is 41.1 Å². The Kier molecular flexibility index (Phi) is 8.02. The van der Waals surface area contributed by atoms with Gasteiger partial charge in [-0.2, -0.15) is 0 Å². The molecule has 9 nitrogen and oxygen atoms in total. The van der Waals surface area contributed by atoms with E-state index in [1.54, 1.807) is 24.3 Å². The maximum absolute atomic E-state index is 12.5. The summed E-state index contributed by atoms with van der Waals surface area (Å²) >= 11 is 0. The van der Waals surface area contributed by atoms with E-state index in [0.29, 0.717) is 17.8 Å². The number of piperidine rings is 1. The van der Waals surface area contributed by atoms with Crippen molar-refractivity contribution < 1.29 is 28.6 Å². The summed E-state index contributed by atoms with van der Waals surface area (Å²) in [6.07, 6.45) is 3.72. The summed E-state index contributed by atoms with van der Waals surface area (Å²) in [6.45, 7) is 3.63. The lowest BCUT2D eigenvalue weighted by Crippen LogP contribution is -2.39. The molecule has 0 spiro atoms. The number of esters is 2. The average molecular weight is 431 g/mol. The van der Waals surface area contributed by atoms with E-state index in [9.17, 15) is 14.4 Å². The fourth-order valence-corrected chi connectivity index (χ4v) is 3.75. The fraction of sp³-hybridized carbons (Fsp3) is 0.500. The van der Waals surface area contributed by atoms with E-state index < -0.39 is 11.9 Å². The molecule has 1 aromatic carbocycles. The number of anilines is 1. The largest absolute Gasteiger partial charge is 0.466 e. The Balaban J connectivity index is 1.68. The molecule has 0 radical (unpaired) electrons. The molecule has 0 bridgehead atoms. The van der Waals surface area contributed by atoms with Crippen molar-refractivity contribution in [1.29, 1.82) is 0 Å². The molecule has 168 valence electrons. The van der Waals surface area contributed by atoms with Gasteiger partial charge in [-0.3, -0.25) is 4.79 Å². The topological polar surface area (TPSA) is 97.4 Å². The van der Waals surface area contributed by atoms with Crippen LogP contribution in [0.25, 0.3) is 0 Å². The number of methoxy groups -OCH3 is 2. The van der Waals surface area contributed by atoms with E-state index in [-0.39, 0.29) is 30.5 Å². The third-order valence-corrected chi connectivity index (χ3v) is 5.44. The Labute approximate surface area is 181 Å². The Hall–Kier alpha value is -2.91. The van der Waals surface area contributed by atoms with Crippen LogP contribution in [0.3, 0.4) is 0 Å². The lowest BCUT2D eigenvalue weighted by molar-refractivity contribution is -0.140. The molecular formula is C22H29N3O6. The normalized spacial score (nSPS) is 17.3.